The predicted octanol–water partition coefficient (Wildman–Crippen LogP) is 3.11. The van der Waals surface area contributed by atoms with Crippen LogP contribution in [0.25, 0.3) is 0 Å². The first-order valence-corrected chi connectivity index (χ1v) is 9.11. The van der Waals surface area contributed by atoms with Gasteiger partial charge in [0.05, 0.1) is 4.92 Å². The first-order valence-electron chi connectivity index (χ1n) is 8.73. The van der Waals surface area contributed by atoms with E-state index in [1.165, 1.54) is 6.07 Å². The molecule has 28 heavy (non-hydrogen) atoms. The van der Waals surface area contributed by atoms with E-state index in [-0.39, 0.29) is 18.3 Å². The van der Waals surface area contributed by atoms with Crippen molar-refractivity contribution >= 4 is 23.2 Å². The van der Waals surface area contributed by atoms with Gasteiger partial charge in [-0.25, -0.2) is 0 Å². The summed E-state index contributed by atoms with van der Waals surface area (Å²) >= 11 is 5.89. The number of ether oxygens (including phenoxy) is 1. The van der Waals surface area contributed by atoms with Crippen LogP contribution in [0.1, 0.15) is 5.56 Å². The molecule has 0 spiro atoms. The Hall–Kier alpha value is -2.71. The summed E-state index contributed by atoms with van der Waals surface area (Å²) in [6.07, 6.45) is 0. The Labute approximate surface area is 166 Å². The number of amides is 1. The van der Waals surface area contributed by atoms with Gasteiger partial charge >= 0.3 is 5.69 Å². The Morgan fingerprint density at radius 1 is 1.14 bits per heavy atom. The monoisotopic (exact) mass is 407 g/mol. The largest absolute Gasteiger partial charge is 0.484 e. The molecule has 0 N–H and O–H groups in total. The molecule has 2 aromatic rings. The van der Waals surface area contributed by atoms with E-state index in [0.29, 0.717) is 18.1 Å². The standard InChI is InChI=1S/C19H19ClFN3O4/c20-15-3-1-14(2-4-15)12-22-7-9-23(10-8-22)19(25)13-28-16-5-6-18(24(26)27)17(21)11-16/h1-6,11H,7-10,12-13H2. The summed E-state index contributed by atoms with van der Waals surface area (Å²) in [6.45, 7) is 3.17. The maximum Gasteiger partial charge on any atom is 0.305 e. The molecule has 0 aromatic heterocycles. The topological polar surface area (TPSA) is 75.9 Å². The second kappa shape index (κ2) is 8.99. The third-order valence-electron chi connectivity index (χ3n) is 4.52. The van der Waals surface area contributed by atoms with E-state index in [4.69, 9.17) is 16.3 Å². The molecule has 1 amide bonds. The minimum absolute atomic E-state index is 0.0813. The summed E-state index contributed by atoms with van der Waals surface area (Å²) in [5.41, 5.74) is 0.531. The van der Waals surface area contributed by atoms with Crippen LogP contribution in [0.2, 0.25) is 5.02 Å². The normalized spacial score (nSPS) is 14.7. The number of carbonyl (C=O) groups excluding carboxylic acids is 1. The lowest BCUT2D eigenvalue weighted by Crippen LogP contribution is -2.49. The number of carbonyl (C=O) groups is 1. The SMILES string of the molecule is O=C(COc1ccc([N+](=O)[O-])c(F)c1)N1CCN(Cc2ccc(Cl)cc2)CC1. The Balaban J connectivity index is 1.45. The molecule has 3 rings (SSSR count). The minimum Gasteiger partial charge on any atom is -0.484 e. The first kappa shape index (κ1) is 20.0. The minimum atomic E-state index is -0.995. The van der Waals surface area contributed by atoms with Crippen LogP contribution < -0.4 is 4.74 Å². The molecular weight excluding hydrogens is 389 g/mol. The molecule has 0 bridgehead atoms. The molecule has 7 nitrogen and oxygen atoms in total. The van der Waals surface area contributed by atoms with Gasteiger partial charge in [0.2, 0.25) is 5.82 Å². The van der Waals surface area contributed by atoms with E-state index < -0.39 is 16.4 Å². The van der Waals surface area contributed by atoms with Crippen LogP contribution in [-0.2, 0) is 11.3 Å². The van der Waals surface area contributed by atoms with E-state index in [0.717, 1.165) is 37.3 Å². The van der Waals surface area contributed by atoms with Crippen LogP contribution in [0.4, 0.5) is 10.1 Å². The predicted molar refractivity (Wildman–Crippen MR) is 102 cm³/mol. The fourth-order valence-electron chi connectivity index (χ4n) is 2.97. The van der Waals surface area contributed by atoms with Gasteiger partial charge in [-0.15, -0.1) is 0 Å². The Morgan fingerprint density at radius 2 is 1.82 bits per heavy atom. The van der Waals surface area contributed by atoms with Crippen LogP contribution >= 0.6 is 11.6 Å². The summed E-state index contributed by atoms with van der Waals surface area (Å²) in [5.74, 6) is -1.12. The highest BCUT2D eigenvalue weighted by atomic mass is 35.5. The van der Waals surface area contributed by atoms with E-state index in [1.807, 2.05) is 24.3 Å². The van der Waals surface area contributed by atoms with E-state index in [2.05, 4.69) is 4.90 Å². The van der Waals surface area contributed by atoms with Crippen molar-refractivity contribution in [2.45, 2.75) is 6.54 Å². The van der Waals surface area contributed by atoms with Gasteiger partial charge in [-0.2, -0.15) is 4.39 Å². The molecule has 1 saturated heterocycles. The maximum absolute atomic E-state index is 13.6. The molecule has 0 unspecified atom stereocenters. The number of hydrogen-bond donors (Lipinski definition) is 0. The highest BCUT2D eigenvalue weighted by molar-refractivity contribution is 6.30. The fraction of sp³-hybridized carbons (Fsp3) is 0.316. The fourth-order valence-corrected chi connectivity index (χ4v) is 3.09. The molecule has 1 fully saturated rings. The number of piperazine rings is 1. The molecule has 1 aliphatic rings. The third kappa shape index (κ3) is 5.17. The van der Waals surface area contributed by atoms with Crippen molar-refractivity contribution in [3.8, 4) is 5.75 Å². The molecule has 1 aliphatic heterocycles. The second-order valence-corrected chi connectivity index (χ2v) is 6.88. The van der Waals surface area contributed by atoms with Gasteiger partial charge in [-0.1, -0.05) is 23.7 Å². The van der Waals surface area contributed by atoms with Crippen LogP contribution in [0.15, 0.2) is 42.5 Å². The van der Waals surface area contributed by atoms with E-state index in [9.17, 15) is 19.3 Å². The van der Waals surface area contributed by atoms with Gasteiger partial charge in [0.15, 0.2) is 6.61 Å². The number of benzene rings is 2. The van der Waals surface area contributed by atoms with E-state index in [1.54, 1.807) is 4.90 Å². The molecule has 0 saturated carbocycles. The summed E-state index contributed by atoms with van der Waals surface area (Å²) in [7, 11) is 0. The third-order valence-corrected chi connectivity index (χ3v) is 4.77. The van der Waals surface area contributed by atoms with E-state index >= 15 is 0 Å². The molecule has 0 aliphatic carbocycles. The van der Waals surface area contributed by atoms with Crippen molar-refractivity contribution in [2.24, 2.45) is 0 Å². The van der Waals surface area contributed by atoms with Gasteiger partial charge in [0.1, 0.15) is 5.75 Å². The summed E-state index contributed by atoms with van der Waals surface area (Å²) in [6, 6.07) is 10.9. The summed E-state index contributed by atoms with van der Waals surface area (Å²) < 4.78 is 18.9. The lowest BCUT2D eigenvalue weighted by Gasteiger charge is -2.34. The number of rotatable bonds is 6. The summed E-state index contributed by atoms with van der Waals surface area (Å²) in [5, 5.41) is 11.3. The quantitative estimate of drug-likeness (QED) is 0.543. The number of nitro groups is 1. The highest BCUT2D eigenvalue weighted by Gasteiger charge is 2.22. The zero-order chi connectivity index (χ0) is 20.1. The average molecular weight is 408 g/mol. The lowest BCUT2D eigenvalue weighted by atomic mass is 10.2. The number of halogens is 2. The van der Waals surface area contributed by atoms with Crippen molar-refractivity contribution in [3.63, 3.8) is 0 Å². The molecule has 0 atom stereocenters. The van der Waals surface area contributed by atoms with Crippen LogP contribution in [0.3, 0.4) is 0 Å². The number of nitro benzene ring substituents is 1. The highest BCUT2D eigenvalue weighted by Crippen LogP contribution is 2.22. The number of hydrogen-bond acceptors (Lipinski definition) is 5. The van der Waals surface area contributed by atoms with Gasteiger partial charge in [0, 0.05) is 49.9 Å². The molecule has 2 aromatic carbocycles. The maximum atomic E-state index is 13.6. The van der Waals surface area contributed by atoms with Gasteiger partial charge in [-0.3, -0.25) is 19.8 Å². The molecule has 148 valence electrons. The zero-order valence-electron chi connectivity index (χ0n) is 15.0. The van der Waals surface area contributed by atoms with Gasteiger partial charge in [0.25, 0.3) is 5.91 Å². The Kier molecular flexibility index (Phi) is 6.43. The van der Waals surface area contributed by atoms with Crippen molar-refractivity contribution in [1.82, 2.24) is 9.80 Å². The molecule has 0 radical (unpaired) electrons. The Morgan fingerprint density at radius 3 is 2.43 bits per heavy atom. The van der Waals surface area contributed by atoms with Crippen molar-refractivity contribution in [3.05, 3.63) is 69.0 Å². The molecule has 9 heteroatoms. The summed E-state index contributed by atoms with van der Waals surface area (Å²) in [4.78, 5) is 26.0. The van der Waals surface area contributed by atoms with Gasteiger partial charge in [-0.05, 0) is 23.8 Å². The lowest BCUT2D eigenvalue weighted by molar-refractivity contribution is -0.387. The van der Waals surface area contributed by atoms with Crippen molar-refractivity contribution in [1.29, 1.82) is 0 Å². The van der Waals surface area contributed by atoms with Gasteiger partial charge < -0.3 is 9.64 Å². The van der Waals surface area contributed by atoms with Crippen molar-refractivity contribution in [2.75, 3.05) is 32.8 Å². The first-order chi connectivity index (χ1) is 13.4. The smallest absolute Gasteiger partial charge is 0.305 e. The van der Waals surface area contributed by atoms with Crippen molar-refractivity contribution < 1.29 is 18.8 Å². The molecular formula is C19H19ClFN3O4. The van der Waals surface area contributed by atoms with Crippen LogP contribution in [0, 0.1) is 15.9 Å². The number of nitrogens with zero attached hydrogens (tertiary/aromatic N) is 3. The van der Waals surface area contributed by atoms with Crippen LogP contribution in [-0.4, -0.2) is 53.4 Å². The van der Waals surface area contributed by atoms with Crippen LogP contribution in [0.5, 0.6) is 5.75 Å². The Bertz CT molecular complexity index is 855. The molecule has 1 heterocycles. The second-order valence-electron chi connectivity index (χ2n) is 6.44. The average Bonchev–Trinajstić information content (AvgIpc) is 2.68. The zero-order valence-corrected chi connectivity index (χ0v) is 15.8.